The van der Waals surface area contributed by atoms with Crippen LogP contribution in [0.4, 0.5) is 5.69 Å². The molecule has 0 N–H and O–H groups in total. The number of likely N-dealkylation sites (N-methyl/N-ethyl adjacent to an activating group) is 1. The Morgan fingerprint density at radius 2 is 2.33 bits per heavy atom. The minimum absolute atomic E-state index is 0.152. The lowest BCUT2D eigenvalue weighted by Gasteiger charge is -2.16. The van der Waals surface area contributed by atoms with Gasteiger partial charge in [-0.1, -0.05) is 17.2 Å². The van der Waals surface area contributed by atoms with Gasteiger partial charge in [0.05, 0.1) is 0 Å². The standard InChI is InChI=1S/C10H12N4O/c1-8-4-3-5-9(6-8)14(2)10(15)7-12-13-11/h3-6H,7H2,1-2H3. The van der Waals surface area contributed by atoms with Crippen LogP contribution >= 0.6 is 0 Å². The number of amides is 1. The van der Waals surface area contributed by atoms with Crippen molar-refractivity contribution in [3.05, 3.63) is 40.3 Å². The van der Waals surface area contributed by atoms with E-state index in [1.807, 2.05) is 31.2 Å². The molecule has 0 unspecified atom stereocenters. The van der Waals surface area contributed by atoms with Crippen molar-refractivity contribution in [1.82, 2.24) is 0 Å². The number of hydrogen-bond donors (Lipinski definition) is 0. The summed E-state index contributed by atoms with van der Waals surface area (Å²) < 4.78 is 0. The van der Waals surface area contributed by atoms with Crippen molar-refractivity contribution in [1.29, 1.82) is 0 Å². The lowest BCUT2D eigenvalue weighted by Crippen LogP contribution is -2.28. The van der Waals surface area contributed by atoms with Crippen LogP contribution in [-0.2, 0) is 4.79 Å². The van der Waals surface area contributed by atoms with Gasteiger partial charge in [-0.2, -0.15) is 0 Å². The SMILES string of the molecule is Cc1cccc(N(C)C(=O)CN=[N+]=[N-])c1. The number of azide groups is 1. The third-order valence-corrected chi connectivity index (χ3v) is 2.03. The Kier molecular flexibility index (Phi) is 3.71. The predicted molar refractivity (Wildman–Crippen MR) is 58.6 cm³/mol. The molecule has 1 amide bonds. The summed E-state index contributed by atoms with van der Waals surface area (Å²) in [6.07, 6.45) is 0. The number of carbonyl (C=O) groups is 1. The van der Waals surface area contributed by atoms with Crippen LogP contribution in [0, 0.1) is 6.92 Å². The van der Waals surface area contributed by atoms with Gasteiger partial charge in [0.1, 0.15) is 6.54 Å². The first kappa shape index (κ1) is 11.1. The topological polar surface area (TPSA) is 69.1 Å². The molecule has 78 valence electrons. The van der Waals surface area contributed by atoms with Crippen molar-refractivity contribution >= 4 is 11.6 Å². The van der Waals surface area contributed by atoms with Crippen molar-refractivity contribution in [2.24, 2.45) is 5.11 Å². The molecule has 1 aromatic rings. The molecule has 0 aliphatic heterocycles. The summed E-state index contributed by atoms with van der Waals surface area (Å²) in [5.74, 6) is -0.224. The Balaban J connectivity index is 2.79. The summed E-state index contributed by atoms with van der Waals surface area (Å²) in [7, 11) is 1.66. The first-order valence-electron chi connectivity index (χ1n) is 4.49. The summed E-state index contributed by atoms with van der Waals surface area (Å²) in [6.45, 7) is 1.80. The van der Waals surface area contributed by atoms with Crippen LogP contribution in [0.5, 0.6) is 0 Å². The molecule has 0 saturated heterocycles. The number of aryl methyl sites for hydroxylation is 1. The fraction of sp³-hybridized carbons (Fsp3) is 0.300. The molecule has 0 spiro atoms. The molecule has 0 saturated carbocycles. The molecule has 15 heavy (non-hydrogen) atoms. The number of hydrogen-bond acceptors (Lipinski definition) is 2. The van der Waals surface area contributed by atoms with Gasteiger partial charge in [0.15, 0.2) is 0 Å². The molecule has 0 aliphatic rings. The van der Waals surface area contributed by atoms with Gasteiger partial charge in [0, 0.05) is 17.6 Å². The van der Waals surface area contributed by atoms with Crippen LogP contribution in [0.25, 0.3) is 10.4 Å². The molecular weight excluding hydrogens is 192 g/mol. The van der Waals surface area contributed by atoms with E-state index in [9.17, 15) is 4.79 Å². The predicted octanol–water partition coefficient (Wildman–Crippen LogP) is 2.27. The highest BCUT2D eigenvalue weighted by molar-refractivity contribution is 5.94. The van der Waals surface area contributed by atoms with Crippen molar-refractivity contribution in [2.45, 2.75) is 6.92 Å². The van der Waals surface area contributed by atoms with Crippen molar-refractivity contribution in [3.63, 3.8) is 0 Å². The second-order valence-electron chi connectivity index (χ2n) is 3.18. The zero-order valence-corrected chi connectivity index (χ0v) is 8.71. The summed E-state index contributed by atoms with van der Waals surface area (Å²) >= 11 is 0. The van der Waals surface area contributed by atoms with E-state index in [1.165, 1.54) is 4.90 Å². The molecule has 0 aromatic heterocycles. The molecule has 0 heterocycles. The quantitative estimate of drug-likeness (QED) is 0.423. The van der Waals surface area contributed by atoms with Crippen LogP contribution in [0.15, 0.2) is 29.4 Å². The lowest BCUT2D eigenvalue weighted by atomic mass is 10.2. The van der Waals surface area contributed by atoms with Crippen molar-refractivity contribution in [3.8, 4) is 0 Å². The van der Waals surface area contributed by atoms with Gasteiger partial charge in [0.25, 0.3) is 0 Å². The van der Waals surface area contributed by atoms with Crippen molar-refractivity contribution < 1.29 is 4.79 Å². The van der Waals surface area contributed by atoms with E-state index >= 15 is 0 Å². The van der Waals surface area contributed by atoms with Gasteiger partial charge >= 0.3 is 0 Å². The Bertz CT molecular complexity index is 410. The van der Waals surface area contributed by atoms with E-state index in [0.29, 0.717) is 0 Å². The molecule has 1 rings (SSSR count). The summed E-state index contributed by atoms with van der Waals surface area (Å²) in [5, 5.41) is 3.23. The maximum Gasteiger partial charge on any atom is 0.232 e. The van der Waals surface area contributed by atoms with E-state index in [0.717, 1.165) is 11.3 Å². The third kappa shape index (κ3) is 3.00. The van der Waals surface area contributed by atoms with Gasteiger partial charge in [-0.15, -0.1) is 0 Å². The smallest absolute Gasteiger partial charge is 0.232 e. The molecule has 0 aliphatic carbocycles. The van der Waals surface area contributed by atoms with Gasteiger partial charge in [-0.25, -0.2) is 0 Å². The highest BCUT2D eigenvalue weighted by Gasteiger charge is 2.08. The summed E-state index contributed by atoms with van der Waals surface area (Å²) in [6, 6.07) is 7.56. The molecule has 0 atom stereocenters. The van der Waals surface area contributed by atoms with Gasteiger partial charge in [-0.05, 0) is 30.2 Å². The van der Waals surface area contributed by atoms with E-state index in [-0.39, 0.29) is 12.5 Å². The average molecular weight is 204 g/mol. The van der Waals surface area contributed by atoms with Crippen LogP contribution in [0.2, 0.25) is 0 Å². The van der Waals surface area contributed by atoms with E-state index in [2.05, 4.69) is 10.0 Å². The van der Waals surface area contributed by atoms with E-state index < -0.39 is 0 Å². The van der Waals surface area contributed by atoms with Crippen LogP contribution in [0.1, 0.15) is 5.56 Å². The Labute approximate surface area is 87.9 Å². The highest BCUT2D eigenvalue weighted by atomic mass is 16.2. The second kappa shape index (κ2) is 5.02. The minimum Gasteiger partial charge on any atom is -0.315 e. The largest absolute Gasteiger partial charge is 0.315 e. The normalized spacial score (nSPS) is 9.20. The first-order valence-corrected chi connectivity index (χ1v) is 4.49. The van der Waals surface area contributed by atoms with Gasteiger partial charge < -0.3 is 4.90 Å². The maximum atomic E-state index is 11.5. The molecular formula is C10H12N4O. The molecule has 1 aromatic carbocycles. The summed E-state index contributed by atoms with van der Waals surface area (Å²) in [4.78, 5) is 15.5. The number of nitrogens with zero attached hydrogens (tertiary/aromatic N) is 4. The van der Waals surface area contributed by atoms with Gasteiger partial charge in [0.2, 0.25) is 5.91 Å². The van der Waals surface area contributed by atoms with E-state index in [1.54, 1.807) is 7.05 Å². The summed E-state index contributed by atoms with van der Waals surface area (Å²) in [5.41, 5.74) is 9.98. The average Bonchev–Trinajstić information content (AvgIpc) is 2.24. The molecule has 5 heteroatoms. The zero-order valence-electron chi connectivity index (χ0n) is 8.71. The van der Waals surface area contributed by atoms with Crippen LogP contribution in [-0.4, -0.2) is 19.5 Å². The lowest BCUT2D eigenvalue weighted by molar-refractivity contribution is -0.117. The Hall–Kier alpha value is -2.00. The third-order valence-electron chi connectivity index (χ3n) is 2.03. The van der Waals surface area contributed by atoms with Gasteiger partial charge in [-0.3, -0.25) is 4.79 Å². The highest BCUT2D eigenvalue weighted by Crippen LogP contribution is 2.14. The number of rotatable bonds is 3. The number of benzene rings is 1. The monoisotopic (exact) mass is 204 g/mol. The van der Waals surface area contributed by atoms with Crippen molar-refractivity contribution in [2.75, 3.05) is 18.5 Å². The second-order valence-corrected chi connectivity index (χ2v) is 3.18. The fourth-order valence-corrected chi connectivity index (χ4v) is 1.18. The molecule has 0 bridgehead atoms. The first-order chi connectivity index (χ1) is 7.15. The minimum atomic E-state index is -0.224. The molecule has 0 radical (unpaired) electrons. The fourth-order valence-electron chi connectivity index (χ4n) is 1.18. The van der Waals surface area contributed by atoms with E-state index in [4.69, 9.17) is 5.53 Å². The molecule has 0 fully saturated rings. The number of anilines is 1. The number of carbonyl (C=O) groups excluding carboxylic acids is 1. The Morgan fingerprint density at radius 3 is 2.93 bits per heavy atom. The maximum absolute atomic E-state index is 11.5. The van der Waals surface area contributed by atoms with Crippen LogP contribution < -0.4 is 4.90 Å². The zero-order chi connectivity index (χ0) is 11.3. The Morgan fingerprint density at radius 1 is 1.60 bits per heavy atom. The van der Waals surface area contributed by atoms with Crippen LogP contribution in [0.3, 0.4) is 0 Å². The molecule has 5 nitrogen and oxygen atoms in total.